The van der Waals surface area contributed by atoms with Gasteiger partial charge in [0.05, 0.1) is 6.54 Å². The number of hydrogen-bond donors (Lipinski definition) is 0. The Morgan fingerprint density at radius 3 is 2.19 bits per heavy atom. The Balaban J connectivity index is 1.42. The molecule has 1 saturated carbocycles. The molecule has 1 unspecified atom stereocenters. The fourth-order valence-electron chi connectivity index (χ4n) is 4.57. The summed E-state index contributed by atoms with van der Waals surface area (Å²) >= 11 is 0. The van der Waals surface area contributed by atoms with Crippen molar-refractivity contribution in [2.45, 2.75) is 51.5 Å². The molecule has 0 spiro atoms. The van der Waals surface area contributed by atoms with E-state index in [9.17, 15) is 14.4 Å². The molecule has 27 heavy (non-hydrogen) atoms. The maximum Gasteiger partial charge on any atom is 0.236 e. The molecule has 7 nitrogen and oxygen atoms in total. The third kappa shape index (κ3) is 5.43. The molecule has 3 aliphatic rings. The highest BCUT2D eigenvalue weighted by molar-refractivity contribution is 5.79. The second-order valence-electron chi connectivity index (χ2n) is 8.39. The van der Waals surface area contributed by atoms with E-state index in [2.05, 4.69) is 11.8 Å². The van der Waals surface area contributed by atoms with E-state index in [1.165, 1.54) is 32.1 Å². The first-order valence-corrected chi connectivity index (χ1v) is 10.6. The minimum atomic E-state index is 0.134. The van der Waals surface area contributed by atoms with Crippen molar-refractivity contribution in [2.24, 2.45) is 5.92 Å². The van der Waals surface area contributed by atoms with Gasteiger partial charge in [-0.1, -0.05) is 19.3 Å². The van der Waals surface area contributed by atoms with Crippen molar-refractivity contribution < 1.29 is 14.4 Å². The fraction of sp³-hybridized carbons (Fsp3) is 0.850. The molecule has 0 bridgehead atoms. The molecule has 0 radical (unpaired) electrons. The van der Waals surface area contributed by atoms with Crippen molar-refractivity contribution >= 4 is 18.2 Å². The Morgan fingerprint density at radius 1 is 0.889 bits per heavy atom. The molecule has 152 valence electrons. The number of amides is 3. The molecule has 2 heterocycles. The Labute approximate surface area is 162 Å². The van der Waals surface area contributed by atoms with E-state index in [0.717, 1.165) is 26.0 Å². The number of piperazine rings is 2. The van der Waals surface area contributed by atoms with E-state index in [1.807, 2.05) is 9.80 Å². The van der Waals surface area contributed by atoms with Crippen LogP contribution in [0.1, 0.15) is 45.4 Å². The van der Waals surface area contributed by atoms with E-state index in [0.29, 0.717) is 51.0 Å². The van der Waals surface area contributed by atoms with Gasteiger partial charge < -0.3 is 14.7 Å². The summed E-state index contributed by atoms with van der Waals surface area (Å²) < 4.78 is 0. The lowest BCUT2D eigenvalue weighted by Gasteiger charge is -2.41. The summed E-state index contributed by atoms with van der Waals surface area (Å²) in [6.45, 7) is 7.20. The van der Waals surface area contributed by atoms with Gasteiger partial charge >= 0.3 is 0 Å². The van der Waals surface area contributed by atoms with Gasteiger partial charge in [-0.25, -0.2) is 0 Å². The van der Waals surface area contributed by atoms with Crippen molar-refractivity contribution in [1.29, 1.82) is 0 Å². The Kier molecular flexibility index (Phi) is 7.10. The highest BCUT2D eigenvalue weighted by Crippen LogP contribution is 2.27. The molecule has 0 aromatic rings. The molecule has 3 amide bonds. The summed E-state index contributed by atoms with van der Waals surface area (Å²) in [7, 11) is 0. The first kappa shape index (κ1) is 20.1. The lowest BCUT2D eigenvalue weighted by molar-refractivity contribution is -0.139. The van der Waals surface area contributed by atoms with Crippen LogP contribution in [0.15, 0.2) is 0 Å². The monoisotopic (exact) mass is 378 g/mol. The molecular weight excluding hydrogens is 344 g/mol. The minimum Gasteiger partial charge on any atom is -0.342 e. The predicted molar refractivity (Wildman–Crippen MR) is 103 cm³/mol. The lowest BCUT2D eigenvalue weighted by Crippen LogP contribution is -2.57. The largest absolute Gasteiger partial charge is 0.342 e. The molecule has 0 aromatic heterocycles. The Hall–Kier alpha value is -1.63. The van der Waals surface area contributed by atoms with E-state index < -0.39 is 0 Å². The van der Waals surface area contributed by atoms with Crippen LogP contribution in [0.5, 0.6) is 0 Å². The van der Waals surface area contributed by atoms with E-state index in [1.54, 1.807) is 4.90 Å². The van der Waals surface area contributed by atoms with Crippen LogP contribution in [0.3, 0.4) is 0 Å². The zero-order chi connectivity index (χ0) is 19.2. The number of carbonyl (C=O) groups excluding carboxylic acids is 3. The molecule has 0 aromatic carbocycles. The summed E-state index contributed by atoms with van der Waals surface area (Å²) in [6.07, 6.45) is 7.82. The SMILES string of the molecule is CC1CN(C(=O)CC2CCCCC2)CCN1CC(=O)N1CCN(C=O)CC1. The van der Waals surface area contributed by atoms with Crippen LogP contribution in [0.4, 0.5) is 0 Å². The van der Waals surface area contributed by atoms with Crippen molar-refractivity contribution in [2.75, 3.05) is 52.4 Å². The molecule has 2 saturated heterocycles. The number of hydrogen-bond acceptors (Lipinski definition) is 4. The third-order valence-corrected chi connectivity index (χ3v) is 6.46. The fourth-order valence-corrected chi connectivity index (χ4v) is 4.57. The Morgan fingerprint density at radius 2 is 1.56 bits per heavy atom. The highest BCUT2D eigenvalue weighted by Gasteiger charge is 2.30. The summed E-state index contributed by atoms with van der Waals surface area (Å²) in [5.41, 5.74) is 0. The van der Waals surface area contributed by atoms with Gasteiger partial charge in [0.15, 0.2) is 0 Å². The highest BCUT2D eigenvalue weighted by atomic mass is 16.2. The van der Waals surface area contributed by atoms with Crippen LogP contribution in [-0.4, -0.2) is 96.2 Å². The molecule has 3 fully saturated rings. The average Bonchev–Trinajstić information content (AvgIpc) is 2.70. The van der Waals surface area contributed by atoms with Gasteiger partial charge in [0, 0.05) is 58.3 Å². The van der Waals surface area contributed by atoms with Crippen molar-refractivity contribution in [1.82, 2.24) is 19.6 Å². The molecule has 3 rings (SSSR count). The number of rotatable bonds is 5. The second kappa shape index (κ2) is 9.53. The zero-order valence-electron chi connectivity index (χ0n) is 16.6. The maximum atomic E-state index is 12.6. The van der Waals surface area contributed by atoms with Crippen LogP contribution in [0.2, 0.25) is 0 Å². The topological polar surface area (TPSA) is 64.2 Å². The first-order chi connectivity index (χ1) is 13.1. The molecule has 0 N–H and O–H groups in total. The van der Waals surface area contributed by atoms with Gasteiger partial charge in [0.25, 0.3) is 0 Å². The molecule has 1 atom stereocenters. The van der Waals surface area contributed by atoms with Crippen molar-refractivity contribution in [3.05, 3.63) is 0 Å². The molecule has 2 aliphatic heterocycles. The minimum absolute atomic E-state index is 0.134. The summed E-state index contributed by atoms with van der Waals surface area (Å²) in [4.78, 5) is 43.8. The van der Waals surface area contributed by atoms with Gasteiger partial charge in [-0.15, -0.1) is 0 Å². The molecule has 1 aliphatic carbocycles. The smallest absolute Gasteiger partial charge is 0.236 e. The van der Waals surface area contributed by atoms with Gasteiger partial charge in [-0.2, -0.15) is 0 Å². The van der Waals surface area contributed by atoms with Crippen LogP contribution >= 0.6 is 0 Å². The first-order valence-electron chi connectivity index (χ1n) is 10.6. The summed E-state index contributed by atoms with van der Waals surface area (Å²) in [6, 6.07) is 0.203. The maximum absolute atomic E-state index is 12.6. The van der Waals surface area contributed by atoms with Crippen molar-refractivity contribution in [3.63, 3.8) is 0 Å². The standard InChI is InChI=1S/C20H34N4O3/c1-17-14-24(19(26)13-18-5-3-2-4-6-18)12-11-23(17)15-20(27)22-9-7-21(16-25)8-10-22/h16-18H,2-15H2,1H3. The molecular formula is C20H34N4O3. The Bertz CT molecular complexity index is 527. The second-order valence-corrected chi connectivity index (χ2v) is 8.39. The lowest BCUT2D eigenvalue weighted by atomic mass is 9.86. The van der Waals surface area contributed by atoms with Crippen LogP contribution in [-0.2, 0) is 14.4 Å². The number of nitrogens with zero attached hydrogens (tertiary/aromatic N) is 4. The zero-order valence-corrected chi connectivity index (χ0v) is 16.6. The third-order valence-electron chi connectivity index (χ3n) is 6.46. The van der Waals surface area contributed by atoms with Crippen LogP contribution in [0, 0.1) is 5.92 Å². The van der Waals surface area contributed by atoms with E-state index >= 15 is 0 Å². The van der Waals surface area contributed by atoms with Crippen LogP contribution in [0.25, 0.3) is 0 Å². The predicted octanol–water partition coefficient (Wildman–Crippen LogP) is 0.790. The van der Waals surface area contributed by atoms with E-state index in [4.69, 9.17) is 0 Å². The normalized spacial score (nSPS) is 25.5. The van der Waals surface area contributed by atoms with Gasteiger partial charge in [-0.3, -0.25) is 19.3 Å². The van der Waals surface area contributed by atoms with E-state index in [-0.39, 0.29) is 11.9 Å². The van der Waals surface area contributed by atoms with Crippen LogP contribution < -0.4 is 0 Å². The molecule has 7 heteroatoms. The summed E-state index contributed by atoms with van der Waals surface area (Å²) in [5, 5.41) is 0. The average molecular weight is 379 g/mol. The quantitative estimate of drug-likeness (QED) is 0.664. The number of carbonyl (C=O) groups is 3. The van der Waals surface area contributed by atoms with Gasteiger partial charge in [0.2, 0.25) is 18.2 Å². The summed E-state index contributed by atoms with van der Waals surface area (Å²) in [5.74, 6) is 1.00. The van der Waals surface area contributed by atoms with Gasteiger partial charge in [0.1, 0.15) is 0 Å². The van der Waals surface area contributed by atoms with Gasteiger partial charge in [-0.05, 0) is 25.7 Å². The van der Waals surface area contributed by atoms with Crippen molar-refractivity contribution in [3.8, 4) is 0 Å².